The third-order valence-corrected chi connectivity index (χ3v) is 5.43. The number of rotatable bonds is 1. The van der Waals surface area contributed by atoms with Gasteiger partial charge in [-0.25, -0.2) is 0 Å². The molecule has 0 unspecified atom stereocenters. The van der Waals surface area contributed by atoms with Crippen molar-refractivity contribution in [3.05, 3.63) is 71.3 Å². The summed E-state index contributed by atoms with van der Waals surface area (Å²) in [7, 11) is 0. The van der Waals surface area contributed by atoms with Crippen LogP contribution in [0.2, 0.25) is 0 Å². The molecule has 1 N–H and O–H groups in total. The van der Waals surface area contributed by atoms with Crippen LogP contribution < -0.4 is 0 Å². The van der Waals surface area contributed by atoms with E-state index in [4.69, 9.17) is 11.6 Å². The van der Waals surface area contributed by atoms with Gasteiger partial charge in [-0.2, -0.15) is 0 Å². The molecule has 4 atom stereocenters. The summed E-state index contributed by atoms with van der Waals surface area (Å²) >= 11 is 6.57. The lowest BCUT2D eigenvalue weighted by molar-refractivity contribution is -0.106. The van der Waals surface area contributed by atoms with E-state index in [2.05, 4.69) is 24.3 Å². The van der Waals surface area contributed by atoms with Gasteiger partial charge in [0.05, 0.1) is 5.38 Å². The highest BCUT2D eigenvalue weighted by Crippen LogP contribution is 2.63. The quantitative estimate of drug-likeness (QED) is 0.787. The molecule has 0 aromatic heterocycles. The molecule has 0 bridgehead atoms. The predicted octanol–water partition coefficient (Wildman–Crippen LogP) is 3.45. The predicted molar refractivity (Wildman–Crippen MR) is 76.4 cm³/mol. The zero-order chi connectivity index (χ0) is 13.0. The zero-order valence-electron chi connectivity index (χ0n) is 10.5. The minimum Gasteiger partial charge on any atom is -0.383 e. The van der Waals surface area contributed by atoms with Gasteiger partial charge in [-0.05, 0) is 23.1 Å². The highest BCUT2D eigenvalue weighted by Gasteiger charge is 2.64. The van der Waals surface area contributed by atoms with E-state index in [-0.39, 0.29) is 11.3 Å². The van der Waals surface area contributed by atoms with E-state index in [0.717, 1.165) is 12.0 Å². The summed E-state index contributed by atoms with van der Waals surface area (Å²) in [6.07, 6.45) is 0.926. The van der Waals surface area contributed by atoms with Gasteiger partial charge in [0.15, 0.2) is 0 Å². The lowest BCUT2D eigenvalue weighted by atomic mass is 9.58. The largest absolute Gasteiger partial charge is 0.383 e. The van der Waals surface area contributed by atoms with Crippen molar-refractivity contribution >= 4 is 11.6 Å². The van der Waals surface area contributed by atoms with Crippen molar-refractivity contribution in [2.24, 2.45) is 5.92 Å². The van der Waals surface area contributed by atoms with Crippen LogP contribution in [0.3, 0.4) is 0 Å². The maximum Gasteiger partial charge on any atom is 0.110 e. The van der Waals surface area contributed by atoms with Crippen LogP contribution in [0.15, 0.2) is 54.6 Å². The smallest absolute Gasteiger partial charge is 0.110 e. The van der Waals surface area contributed by atoms with Gasteiger partial charge in [0.2, 0.25) is 0 Å². The van der Waals surface area contributed by atoms with E-state index in [9.17, 15) is 5.11 Å². The van der Waals surface area contributed by atoms with Crippen LogP contribution in [0.1, 0.15) is 22.6 Å². The highest BCUT2D eigenvalue weighted by atomic mass is 35.5. The van der Waals surface area contributed by atoms with Crippen LogP contribution in [0.4, 0.5) is 0 Å². The Morgan fingerprint density at radius 3 is 2.47 bits per heavy atom. The normalized spacial score (nSPS) is 35.4. The van der Waals surface area contributed by atoms with Crippen molar-refractivity contribution < 1.29 is 5.11 Å². The molecule has 2 aromatic rings. The Morgan fingerprint density at radius 1 is 1.00 bits per heavy atom. The average Bonchev–Trinajstić information content (AvgIpc) is 2.84. The molecule has 0 radical (unpaired) electrons. The Balaban J connectivity index is 1.78. The molecule has 0 heterocycles. The van der Waals surface area contributed by atoms with Crippen molar-refractivity contribution in [2.75, 3.05) is 0 Å². The van der Waals surface area contributed by atoms with Crippen LogP contribution in [0, 0.1) is 5.92 Å². The Bertz CT molecular complexity index is 624. The fraction of sp³-hybridized carbons (Fsp3) is 0.294. The van der Waals surface area contributed by atoms with Crippen LogP contribution in [-0.2, 0) is 12.0 Å². The first-order valence-corrected chi connectivity index (χ1v) is 7.16. The molecule has 0 spiro atoms. The second-order valence-electron chi connectivity index (χ2n) is 5.63. The minimum absolute atomic E-state index is 0.217. The van der Waals surface area contributed by atoms with Crippen LogP contribution in [0.5, 0.6) is 0 Å². The Kier molecular flexibility index (Phi) is 2.33. The third kappa shape index (κ3) is 1.35. The van der Waals surface area contributed by atoms with Gasteiger partial charge in [0.25, 0.3) is 0 Å². The maximum atomic E-state index is 11.1. The average molecular weight is 271 g/mol. The van der Waals surface area contributed by atoms with E-state index in [1.165, 1.54) is 11.1 Å². The number of aliphatic hydroxyl groups is 1. The van der Waals surface area contributed by atoms with Crippen LogP contribution >= 0.6 is 11.6 Å². The number of fused-ring (bicyclic) bond motifs is 3. The Morgan fingerprint density at radius 2 is 1.68 bits per heavy atom. The summed E-state index contributed by atoms with van der Waals surface area (Å²) in [6.45, 7) is 0. The van der Waals surface area contributed by atoms with E-state index >= 15 is 0 Å². The molecule has 96 valence electrons. The molecule has 4 rings (SSSR count). The zero-order valence-corrected chi connectivity index (χ0v) is 11.2. The Labute approximate surface area is 117 Å². The van der Waals surface area contributed by atoms with Crippen molar-refractivity contribution in [1.29, 1.82) is 0 Å². The number of hydrogen-bond donors (Lipinski definition) is 1. The highest BCUT2D eigenvalue weighted by molar-refractivity contribution is 6.23. The van der Waals surface area contributed by atoms with Gasteiger partial charge in [0, 0.05) is 11.8 Å². The van der Waals surface area contributed by atoms with Crippen LogP contribution in [0.25, 0.3) is 0 Å². The third-order valence-electron chi connectivity index (χ3n) is 4.82. The molecular formula is C17H15ClO. The fourth-order valence-corrected chi connectivity index (χ4v) is 4.45. The summed E-state index contributed by atoms with van der Waals surface area (Å²) < 4.78 is 0. The first-order valence-electron chi connectivity index (χ1n) is 6.72. The molecule has 2 aromatic carbocycles. The lowest BCUT2D eigenvalue weighted by Crippen LogP contribution is -2.58. The first kappa shape index (κ1) is 11.5. The molecule has 1 saturated carbocycles. The van der Waals surface area contributed by atoms with Crippen molar-refractivity contribution in [1.82, 2.24) is 0 Å². The number of halogens is 1. The van der Waals surface area contributed by atoms with E-state index < -0.39 is 5.60 Å². The van der Waals surface area contributed by atoms with E-state index in [1.54, 1.807) is 0 Å². The molecule has 2 aliphatic rings. The van der Waals surface area contributed by atoms with Gasteiger partial charge >= 0.3 is 0 Å². The summed E-state index contributed by atoms with van der Waals surface area (Å²) in [5.74, 6) is 0.512. The molecular weight excluding hydrogens is 256 g/mol. The molecule has 1 fully saturated rings. The van der Waals surface area contributed by atoms with Gasteiger partial charge in [-0.1, -0.05) is 54.6 Å². The monoisotopic (exact) mass is 270 g/mol. The fourth-order valence-electron chi connectivity index (χ4n) is 3.86. The van der Waals surface area contributed by atoms with Crippen LogP contribution in [-0.4, -0.2) is 10.5 Å². The van der Waals surface area contributed by atoms with Crippen molar-refractivity contribution in [2.45, 2.75) is 23.3 Å². The van der Waals surface area contributed by atoms with E-state index in [0.29, 0.717) is 5.92 Å². The van der Waals surface area contributed by atoms with Crippen molar-refractivity contribution in [3.63, 3.8) is 0 Å². The summed E-state index contributed by atoms with van der Waals surface area (Å²) in [5, 5.41) is 10.8. The molecule has 0 aliphatic heterocycles. The van der Waals surface area contributed by atoms with Gasteiger partial charge < -0.3 is 5.11 Å². The number of benzene rings is 2. The molecule has 2 aliphatic carbocycles. The number of hydrogen-bond acceptors (Lipinski definition) is 1. The van der Waals surface area contributed by atoms with Gasteiger partial charge in [0.1, 0.15) is 5.60 Å². The molecule has 0 saturated heterocycles. The second kappa shape index (κ2) is 3.84. The standard InChI is InChI=1S/C17H15ClO/c18-16-15-13-9-5-4-6-11(13)10-14(15)17(16,19)12-7-2-1-3-8-12/h1-9,14-16,19H,10H2/t14-,15+,16+,17-/m0/s1. The summed E-state index contributed by atoms with van der Waals surface area (Å²) in [4.78, 5) is 0. The van der Waals surface area contributed by atoms with Gasteiger partial charge in [-0.3, -0.25) is 0 Å². The second-order valence-corrected chi connectivity index (χ2v) is 6.10. The number of alkyl halides is 1. The maximum absolute atomic E-state index is 11.1. The SMILES string of the molecule is O[C@]1(c2ccccc2)[C@H](Cl)[C@@H]2c3ccccc3C[C@@H]21. The lowest BCUT2D eigenvalue weighted by Gasteiger charge is -2.53. The molecule has 0 amide bonds. The molecule has 19 heavy (non-hydrogen) atoms. The molecule has 1 nitrogen and oxygen atoms in total. The van der Waals surface area contributed by atoms with Crippen molar-refractivity contribution in [3.8, 4) is 0 Å². The first-order chi connectivity index (χ1) is 9.23. The summed E-state index contributed by atoms with van der Waals surface area (Å²) in [5.41, 5.74) is 2.74. The Hall–Kier alpha value is -1.31. The molecule has 2 heteroatoms. The van der Waals surface area contributed by atoms with Gasteiger partial charge in [-0.15, -0.1) is 11.6 Å². The summed E-state index contributed by atoms with van der Waals surface area (Å²) in [6, 6.07) is 18.3. The minimum atomic E-state index is -0.882. The topological polar surface area (TPSA) is 20.2 Å². The van der Waals surface area contributed by atoms with E-state index in [1.807, 2.05) is 30.3 Å².